The van der Waals surface area contributed by atoms with E-state index >= 15 is 0 Å². The van der Waals surface area contributed by atoms with Gasteiger partial charge in [0.2, 0.25) is 0 Å². The lowest BCUT2D eigenvalue weighted by atomic mass is 9.89. The molecule has 0 saturated carbocycles. The van der Waals surface area contributed by atoms with Crippen molar-refractivity contribution in [3.05, 3.63) is 81.9 Å². The minimum absolute atomic E-state index is 0.134. The zero-order valence-corrected chi connectivity index (χ0v) is 20.8. The van der Waals surface area contributed by atoms with Crippen LogP contribution in [0.1, 0.15) is 35.8 Å². The molecule has 1 aliphatic rings. The van der Waals surface area contributed by atoms with E-state index in [0.29, 0.717) is 30.5 Å². The molecule has 5 rings (SSSR count). The Morgan fingerprint density at radius 2 is 1.89 bits per heavy atom. The maximum absolute atomic E-state index is 13.4. The molecule has 0 bridgehead atoms. The molecular weight excluding hydrogens is 456 g/mol. The smallest absolute Gasteiger partial charge is 0.253 e. The highest BCUT2D eigenvalue weighted by atomic mass is 16.5. The molecule has 4 aromatic rings. The molecular formula is C27H32N6O3. The first kappa shape index (κ1) is 24.1. The molecule has 3 heterocycles. The van der Waals surface area contributed by atoms with Crippen LogP contribution >= 0.6 is 0 Å². The number of nitrogens with one attached hydrogen (secondary N) is 1. The quantitative estimate of drug-likeness (QED) is 0.386. The molecule has 1 aliphatic heterocycles. The number of aromatic nitrogens is 5. The van der Waals surface area contributed by atoms with Crippen LogP contribution in [0.5, 0.6) is 5.75 Å². The maximum Gasteiger partial charge on any atom is 0.253 e. The highest BCUT2D eigenvalue weighted by Gasteiger charge is 2.33. The van der Waals surface area contributed by atoms with E-state index in [4.69, 9.17) is 9.47 Å². The molecule has 2 aromatic carbocycles. The number of hydrogen-bond acceptors (Lipinski definition) is 7. The SMILES string of the molecule is COCCn1nnnc1[C@H](c1cc2cc(OC)ccc2[nH]c1=O)N1CCC(Cc2ccccc2)CC1. The second-order valence-corrected chi connectivity index (χ2v) is 9.33. The van der Waals surface area contributed by atoms with Crippen LogP contribution in [0, 0.1) is 5.92 Å². The molecule has 36 heavy (non-hydrogen) atoms. The number of methoxy groups -OCH3 is 2. The van der Waals surface area contributed by atoms with Crippen LogP contribution in [0.3, 0.4) is 0 Å². The van der Waals surface area contributed by atoms with E-state index in [1.807, 2.05) is 24.3 Å². The number of aromatic amines is 1. The predicted octanol–water partition coefficient (Wildman–Crippen LogP) is 3.21. The van der Waals surface area contributed by atoms with Crippen molar-refractivity contribution >= 4 is 10.9 Å². The number of hydrogen-bond donors (Lipinski definition) is 1. The standard InChI is InChI=1S/C27H32N6O3/c1-35-15-14-33-26(29-30-31-33)25(23-18-21-17-22(36-2)8-9-24(21)28-27(23)34)32-12-10-20(11-13-32)16-19-6-4-3-5-7-19/h3-9,17-18,20,25H,10-16H2,1-2H3,(H,28,34)/t25-/m0/s1. The van der Waals surface area contributed by atoms with Gasteiger partial charge in [-0.25, -0.2) is 4.68 Å². The Morgan fingerprint density at radius 1 is 1.08 bits per heavy atom. The summed E-state index contributed by atoms with van der Waals surface area (Å²) in [7, 11) is 3.29. The molecule has 188 valence electrons. The van der Waals surface area contributed by atoms with Gasteiger partial charge in [-0.15, -0.1) is 5.10 Å². The Morgan fingerprint density at radius 3 is 2.64 bits per heavy atom. The van der Waals surface area contributed by atoms with Gasteiger partial charge in [-0.2, -0.15) is 0 Å². The number of piperidine rings is 1. The second kappa shape index (κ2) is 11.0. The maximum atomic E-state index is 13.4. The number of fused-ring (bicyclic) bond motifs is 1. The Bertz CT molecular complexity index is 1340. The number of tetrazole rings is 1. The topological polar surface area (TPSA) is 98.2 Å². The molecule has 1 atom stereocenters. The fraction of sp³-hybridized carbons (Fsp3) is 0.407. The number of H-pyrrole nitrogens is 1. The first-order valence-corrected chi connectivity index (χ1v) is 12.4. The largest absolute Gasteiger partial charge is 0.497 e. The second-order valence-electron chi connectivity index (χ2n) is 9.33. The van der Waals surface area contributed by atoms with Crippen LogP contribution in [-0.2, 0) is 17.7 Å². The van der Waals surface area contributed by atoms with Crippen molar-refractivity contribution in [2.24, 2.45) is 5.92 Å². The summed E-state index contributed by atoms with van der Waals surface area (Å²) >= 11 is 0. The lowest BCUT2D eigenvalue weighted by Crippen LogP contribution is -2.41. The molecule has 1 N–H and O–H groups in total. The zero-order valence-electron chi connectivity index (χ0n) is 20.8. The van der Waals surface area contributed by atoms with Crippen molar-refractivity contribution in [1.29, 1.82) is 0 Å². The van der Waals surface area contributed by atoms with Crippen LogP contribution in [-0.4, -0.2) is 64.0 Å². The van der Waals surface area contributed by atoms with E-state index in [9.17, 15) is 4.79 Å². The van der Waals surface area contributed by atoms with Crippen LogP contribution in [0.15, 0.2) is 59.4 Å². The van der Waals surface area contributed by atoms with Gasteiger partial charge >= 0.3 is 0 Å². The fourth-order valence-electron chi connectivity index (χ4n) is 5.14. The fourth-order valence-corrected chi connectivity index (χ4v) is 5.14. The third kappa shape index (κ3) is 5.17. The highest BCUT2D eigenvalue weighted by Crippen LogP contribution is 2.32. The van der Waals surface area contributed by atoms with Crippen molar-refractivity contribution in [3.8, 4) is 5.75 Å². The third-order valence-corrected chi connectivity index (χ3v) is 7.07. The minimum Gasteiger partial charge on any atom is -0.497 e. The summed E-state index contributed by atoms with van der Waals surface area (Å²) in [5.41, 5.74) is 2.64. The molecule has 0 spiro atoms. The molecule has 2 aromatic heterocycles. The van der Waals surface area contributed by atoms with E-state index < -0.39 is 0 Å². The van der Waals surface area contributed by atoms with Gasteiger partial charge in [0.25, 0.3) is 5.56 Å². The molecule has 0 aliphatic carbocycles. The summed E-state index contributed by atoms with van der Waals surface area (Å²) in [4.78, 5) is 18.8. The summed E-state index contributed by atoms with van der Waals surface area (Å²) < 4.78 is 12.4. The first-order valence-electron chi connectivity index (χ1n) is 12.4. The molecule has 0 amide bonds. The lowest BCUT2D eigenvalue weighted by molar-refractivity contribution is 0.138. The number of nitrogens with zero attached hydrogens (tertiary/aromatic N) is 5. The Kier molecular flexibility index (Phi) is 7.39. The van der Waals surface area contributed by atoms with Gasteiger partial charge in [-0.3, -0.25) is 9.69 Å². The van der Waals surface area contributed by atoms with Gasteiger partial charge in [0.05, 0.1) is 20.3 Å². The van der Waals surface area contributed by atoms with E-state index in [2.05, 4.69) is 55.7 Å². The number of likely N-dealkylation sites (tertiary alicyclic amines) is 1. The molecule has 9 nitrogen and oxygen atoms in total. The Hall–Kier alpha value is -3.56. The lowest BCUT2D eigenvalue weighted by Gasteiger charge is -2.37. The highest BCUT2D eigenvalue weighted by molar-refractivity contribution is 5.80. The van der Waals surface area contributed by atoms with Crippen LogP contribution in [0.4, 0.5) is 0 Å². The van der Waals surface area contributed by atoms with E-state index in [0.717, 1.165) is 49.0 Å². The van der Waals surface area contributed by atoms with Crippen LogP contribution in [0.2, 0.25) is 0 Å². The molecule has 1 saturated heterocycles. The van der Waals surface area contributed by atoms with Gasteiger partial charge in [0, 0.05) is 23.6 Å². The zero-order chi connectivity index (χ0) is 24.9. The van der Waals surface area contributed by atoms with Crippen LogP contribution < -0.4 is 10.3 Å². The van der Waals surface area contributed by atoms with Gasteiger partial charge in [0.15, 0.2) is 5.82 Å². The van der Waals surface area contributed by atoms with Crippen molar-refractivity contribution in [3.63, 3.8) is 0 Å². The number of pyridine rings is 1. The summed E-state index contributed by atoms with van der Waals surface area (Å²) in [6, 6.07) is 17.9. The number of benzene rings is 2. The van der Waals surface area contributed by atoms with Crippen LogP contribution in [0.25, 0.3) is 10.9 Å². The van der Waals surface area contributed by atoms with E-state index in [1.54, 1.807) is 18.9 Å². The van der Waals surface area contributed by atoms with Gasteiger partial charge in [-0.05, 0) is 78.5 Å². The monoisotopic (exact) mass is 488 g/mol. The van der Waals surface area contributed by atoms with Crippen molar-refractivity contribution in [1.82, 2.24) is 30.1 Å². The van der Waals surface area contributed by atoms with Gasteiger partial charge < -0.3 is 14.5 Å². The Balaban J connectivity index is 1.48. The molecule has 0 unspecified atom stereocenters. The van der Waals surface area contributed by atoms with E-state index in [-0.39, 0.29) is 11.6 Å². The number of ether oxygens (including phenoxy) is 2. The molecule has 0 radical (unpaired) electrons. The molecule has 1 fully saturated rings. The van der Waals surface area contributed by atoms with Crippen molar-refractivity contribution < 1.29 is 9.47 Å². The average molecular weight is 489 g/mol. The summed E-state index contributed by atoms with van der Waals surface area (Å²) in [5.74, 6) is 2.00. The van der Waals surface area contributed by atoms with Crippen molar-refractivity contribution in [2.75, 3.05) is 33.9 Å². The summed E-state index contributed by atoms with van der Waals surface area (Å²) in [6.07, 6.45) is 3.16. The first-order chi connectivity index (χ1) is 17.7. The number of rotatable bonds is 9. The normalized spacial score (nSPS) is 15.8. The van der Waals surface area contributed by atoms with E-state index in [1.165, 1.54) is 5.56 Å². The molecule has 9 heteroatoms. The third-order valence-electron chi connectivity index (χ3n) is 7.07. The summed E-state index contributed by atoms with van der Waals surface area (Å²) in [5, 5.41) is 13.5. The summed E-state index contributed by atoms with van der Waals surface area (Å²) in [6.45, 7) is 2.71. The minimum atomic E-state index is -0.367. The van der Waals surface area contributed by atoms with Gasteiger partial charge in [0.1, 0.15) is 11.8 Å². The Labute approximate surface area is 210 Å². The average Bonchev–Trinajstić information content (AvgIpc) is 3.37. The van der Waals surface area contributed by atoms with Gasteiger partial charge in [-0.1, -0.05) is 30.3 Å². The van der Waals surface area contributed by atoms with Crippen molar-refractivity contribution in [2.45, 2.75) is 31.8 Å². The predicted molar refractivity (Wildman–Crippen MR) is 137 cm³/mol.